The van der Waals surface area contributed by atoms with E-state index in [-0.39, 0.29) is 0 Å². The van der Waals surface area contributed by atoms with Crippen LogP contribution in [0.3, 0.4) is 0 Å². The van der Waals surface area contributed by atoms with Crippen molar-refractivity contribution in [2.45, 2.75) is 44.2 Å². The lowest BCUT2D eigenvalue weighted by Gasteiger charge is -2.27. The number of hydrogen-bond donors (Lipinski definition) is 1. The largest absolute Gasteiger partial charge is 0.377 e. The van der Waals surface area contributed by atoms with Gasteiger partial charge in [-0.2, -0.15) is 0 Å². The van der Waals surface area contributed by atoms with Crippen molar-refractivity contribution in [1.82, 2.24) is 10.2 Å². The van der Waals surface area contributed by atoms with Gasteiger partial charge < -0.3 is 10.1 Å². The Kier molecular flexibility index (Phi) is 5.01. The minimum absolute atomic E-state index is 0.443. The molecule has 0 aromatic carbocycles. The quantitative estimate of drug-likeness (QED) is 0.684. The van der Waals surface area contributed by atoms with E-state index in [4.69, 9.17) is 4.74 Å². The molecule has 17 heavy (non-hydrogen) atoms. The van der Waals surface area contributed by atoms with E-state index in [1.54, 1.807) is 0 Å². The molecule has 0 aromatic rings. The van der Waals surface area contributed by atoms with Crippen LogP contribution in [0.2, 0.25) is 0 Å². The second-order valence-corrected chi connectivity index (χ2v) is 5.59. The van der Waals surface area contributed by atoms with Gasteiger partial charge in [-0.25, -0.2) is 0 Å². The maximum absolute atomic E-state index is 5.75. The summed E-state index contributed by atoms with van der Waals surface area (Å²) < 4.78 is 5.75. The summed E-state index contributed by atoms with van der Waals surface area (Å²) in [5.74, 6) is 0. The van der Waals surface area contributed by atoms with Crippen LogP contribution in [-0.2, 0) is 4.74 Å². The normalized spacial score (nSPS) is 25.2. The minimum Gasteiger partial charge on any atom is -0.377 e. The summed E-state index contributed by atoms with van der Waals surface area (Å²) in [5.41, 5.74) is 1.29. The molecule has 2 fully saturated rings. The molecule has 0 radical (unpaired) electrons. The van der Waals surface area contributed by atoms with Crippen LogP contribution in [0.15, 0.2) is 12.2 Å². The molecule has 3 nitrogen and oxygen atoms in total. The first kappa shape index (κ1) is 13.1. The van der Waals surface area contributed by atoms with E-state index in [1.807, 2.05) is 0 Å². The lowest BCUT2D eigenvalue weighted by molar-refractivity contribution is -0.000171. The van der Waals surface area contributed by atoms with Gasteiger partial charge in [0, 0.05) is 32.3 Å². The first-order valence-electron chi connectivity index (χ1n) is 6.94. The number of hydrogen-bond acceptors (Lipinski definition) is 3. The molecule has 0 amide bonds. The van der Waals surface area contributed by atoms with Crippen LogP contribution in [0.25, 0.3) is 0 Å². The summed E-state index contributed by atoms with van der Waals surface area (Å²) in [5, 5.41) is 3.51. The first-order chi connectivity index (χ1) is 8.24. The van der Waals surface area contributed by atoms with Crippen LogP contribution in [0, 0.1) is 0 Å². The van der Waals surface area contributed by atoms with Crippen molar-refractivity contribution in [2.24, 2.45) is 0 Å². The number of nitrogens with one attached hydrogen (secondary N) is 1. The zero-order valence-corrected chi connectivity index (χ0v) is 11.1. The van der Waals surface area contributed by atoms with E-state index in [0.717, 1.165) is 32.3 Å². The summed E-state index contributed by atoms with van der Waals surface area (Å²) in [7, 11) is 2.17. The third-order valence-corrected chi connectivity index (χ3v) is 3.50. The summed E-state index contributed by atoms with van der Waals surface area (Å²) in [6.45, 7) is 8.09. The highest BCUT2D eigenvalue weighted by atomic mass is 16.5. The predicted octanol–water partition coefficient (Wildman–Crippen LogP) is 1.80. The Morgan fingerprint density at radius 2 is 2.18 bits per heavy atom. The lowest BCUT2D eigenvalue weighted by atomic mass is 10.1. The van der Waals surface area contributed by atoms with Crippen molar-refractivity contribution in [1.29, 1.82) is 0 Å². The summed E-state index contributed by atoms with van der Waals surface area (Å²) in [6.07, 6.45) is 6.91. The molecule has 1 saturated heterocycles. The molecule has 1 aliphatic heterocycles. The van der Waals surface area contributed by atoms with E-state index in [0.29, 0.717) is 6.10 Å². The van der Waals surface area contributed by atoms with Crippen molar-refractivity contribution >= 4 is 0 Å². The molecule has 0 aromatic heterocycles. The van der Waals surface area contributed by atoms with Gasteiger partial charge in [0.2, 0.25) is 0 Å². The van der Waals surface area contributed by atoms with Crippen molar-refractivity contribution in [2.75, 3.05) is 33.3 Å². The Morgan fingerprint density at radius 3 is 2.82 bits per heavy atom. The van der Waals surface area contributed by atoms with Crippen LogP contribution >= 0.6 is 0 Å². The van der Waals surface area contributed by atoms with E-state index >= 15 is 0 Å². The number of nitrogens with zero attached hydrogens (tertiary/aromatic N) is 1. The van der Waals surface area contributed by atoms with Crippen molar-refractivity contribution in [3.63, 3.8) is 0 Å². The molecule has 2 rings (SSSR count). The fourth-order valence-corrected chi connectivity index (χ4v) is 2.38. The van der Waals surface area contributed by atoms with Crippen LogP contribution in [-0.4, -0.2) is 50.3 Å². The van der Waals surface area contributed by atoms with E-state index in [2.05, 4.69) is 23.8 Å². The van der Waals surface area contributed by atoms with Crippen LogP contribution in [0.4, 0.5) is 0 Å². The monoisotopic (exact) mass is 238 g/mol. The van der Waals surface area contributed by atoms with Gasteiger partial charge in [-0.1, -0.05) is 6.58 Å². The molecule has 2 aliphatic rings. The van der Waals surface area contributed by atoms with Crippen LogP contribution in [0.5, 0.6) is 0 Å². The SMILES string of the molecule is C=C(CNC1CC1)CN(C)CC1CCCCO1. The second-order valence-electron chi connectivity index (χ2n) is 5.59. The summed E-state index contributed by atoms with van der Waals surface area (Å²) >= 11 is 0. The van der Waals surface area contributed by atoms with Gasteiger partial charge in [0.1, 0.15) is 0 Å². The molecular weight excluding hydrogens is 212 g/mol. The first-order valence-corrected chi connectivity index (χ1v) is 6.94. The van der Waals surface area contributed by atoms with Crippen LogP contribution in [0.1, 0.15) is 32.1 Å². The zero-order chi connectivity index (χ0) is 12.1. The van der Waals surface area contributed by atoms with E-state index in [1.165, 1.54) is 37.7 Å². The summed E-state index contributed by atoms with van der Waals surface area (Å²) in [4.78, 5) is 2.34. The fourth-order valence-electron chi connectivity index (χ4n) is 2.38. The summed E-state index contributed by atoms with van der Waals surface area (Å²) in [6, 6.07) is 0.777. The van der Waals surface area contributed by atoms with Gasteiger partial charge in [-0.15, -0.1) is 0 Å². The van der Waals surface area contributed by atoms with Gasteiger partial charge in [0.05, 0.1) is 6.10 Å². The maximum atomic E-state index is 5.75. The number of rotatable bonds is 7. The van der Waals surface area contributed by atoms with Gasteiger partial charge in [0.15, 0.2) is 0 Å². The van der Waals surface area contributed by atoms with Gasteiger partial charge >= 0.3 is 0 Å². The average Bonchev–Trinajstić information content (AvgIpc) is 3.11. The van der Waals surface area contributed by atoms with Crippen molar-refractivity contribution in [3.8, 4) is 0 Å². The maximum Gasteiger partial charge on any atom is 0.0702 e. The fraction of sp³-hybridized carbons (Fsp3) is 0.857. The highest BCUT2D eigenvalue weighted by molar-refractivity contribution is 5.01. The van der Waals surface area contributed by atoms with Gasteiger partial charge in [-0.3, -0.25) is 4.90 Å². The molecule has 1 heterocycles. The number of likely N-dealkylation sites (N-methyl/N-ethyl adjacent to an activating group) is 1. The predicted molar refractivity (Wildman–Crippen MR) is 71.3 cm³/mol. The van der Waals surface area contributed by atoms with Crippen LogP contribution < -0.4 is 5.32 Å². The standard InChI is InChI=1S/C14H26N2O/c1-12(9-15-13-6-7-13)10-16(2)11-14-5-3-4-8-17-14/h13-15H,1,3-11H2,2H3. The third-order valence-electron chi connectivity index (χ3n) is 3.50. The van der Waals surface area contributed by atoms with Gasteiger partial charge in [-0.05, 0) is 44.7 Å². The van der Waals surface area contributed by atoms with Gasteiger partial charge in [0.25, 0.3) is 0 Å². The van der Waals surface area contributed by atoms with E-state index in [9.17, 15) is 0 Å². The van der Waals surface area contributed by atoms with Crippen molar-refractivity contribution in [3.05, 3.63) is 12.2 Å². The minimum atomic E-state index is 0.443. The Balaban J connectivity index is 1.57. The molecule has 1 saturated carbocycles. The topological polar surface area (TPSA) is 24.5 Å². The van der Waals surface area contributed by atoms with E-state index < -0.39 is 0 Å². The Morgan fingerprint density at radius 1 is 1.35 bits per heavy atom. The third kappa shape index (κ3) is 5.19. The Labute approximate surface area is 105 Å². The smallest absolute Gasteiger partial charge is 0.0702 e. The molecule has 1 aliphatic carbocycles. The molecule has 3 heteroatoms. The lowest BCUT2D eigenvalue weighted by Crippen LogP contribution is -2.35. The average molecular weight is 238 g/mol. The molecule has 1 N–H and O–H groups in total. The second kappa shape index (κ2) is 6.53. The highest BCUT2D eigenvalue weighted by Gasteiger charge is 2.20. The number of ether oxygens (including phenoxy) is 1. The Bertz CT molecular complexity index is 245. The zero-order valence-electron chi connectivity index (χ0n) is 11.1. The molecule has 1 atom stereocenters. The Hall–Kier alpha value is -0.380. The molecule has 1 unspecified atom stereocenters. The molecule has 98 valence electrons. The highest BCUT2D eigenvalue weighted by Crippen LogP contribution is 2.18. The molecular formula is C14H26N2O. The van der Waals surface area contributed by atoms with Crippen molar-refractivity contribution < 1.29 is 4.74 Å². The molecule has 0 spiro atoms. The molecule has 0 bridgehead atoms.